The number of rotatable bonds is 3. The van der Waals surface area contributed by atoms with Gasteiger partial charge in [0.2, 0.25) is 0 Å². The number of nitrogens with two attached hydrogens (primary N) is 1. The molecule has 0 spiro atoms. The van der Waals surface area contributed by atoms with Crippen molar-refractivity contribution in [2.24, 2.45) is 0 Å². The Labute approximate surface area is 102 Å². The van der Waals surface area contributed by atoms with Crippen LogP contribution in [-0.2, 0) is 6.18 Å². The predicted octanol–water partition coefficient (Wildman–Crippen LogP) is 3.81. The van der Waals surface area contributed by atoms with Crippen LogP contribution in [0.15, 0.2) is 29.3 Å². The molecule has 0 saturated heterocycles. The largest absolute Gasteiger partial charge is 0.487 e. The van der Waals surface area contributed by atoms with Gasteiger partial charge in [-0.1, -0.05) is 11.6 Å². The third kappa shape index (κ3) is 3.85. The summed E-state index contributed by atoms with van der Waals surface area (Å²) in [6.07, 6.45) is -4.40. The summed E-state index contributed by atoms with van der Waals surface area (Å²) in [6.45, 7) is 1.91. The van der Waals surface area contributed by atoms with Crippen LogP contribution in [0.4, 0.5) is 18.9 Å². The van der Waals surface area contributed by atoms with Crippen molar-refractivity contribution in [3.63, 3.8) is 0 Å². The molecule has 0 fully saturated rings. The van der Waals surface area contributed by atoms with Crippen LogP contribution in [0.2, 0.25) is 0 Å². The minimum Gasteiger partial charge on any atom is -0.487 e. The fourth-order valence-corrected chi connectivity index (χ4v) is 1.14. The second-order valence-corrected chi connectivity index (χ2v) is 3.71. The van der Waals surface area contributed by atoms with E-state index in [-0.39, 0.29) is 18.0 Å². The summed E-state index contributed by atoms with van der Waals surface area (Å²) in [5.74, 6) is 0.205. The third-order valence-corrected chi connectivity index (χ3v) is 2.35. The highest BCUT2D eigenvalue weighted by Crippen LogP contribution is 2.33. The van der Waals surface area contributed by atoms with Crippen LogP contribution in [0, 0.1) is 0 Å². The van der Waals surface area contributed by atoms with Crippen LogP contribution in [0.25, 0.3) is 0 Å². The molecule has 0 radical (unpaired) electrons. The summed E-state index contributed by atoms with van der Waals surface area (Å²) >= 11 is 5.42. The van der Waals surface area contributed by atoms with Gasteiger partial charge in [0.15, 0.2) is 0 Å². The molecule has 2 nitrogen and oxygen atoms in total. The smallest absolute Gasteiger partial charge is 0.416 e. The Kier molecular flexibility index (Phi) is 4.28. The Hall–Kier alpha value is -1.36. The lowest BCUT2D eigenvalue weighted by atomic mass is 10.2. The van der Waals surface area contributed by atoms with Crippen molar-refractivity contribution in [2.45, 2.75) is 13.1 Å². The van der Waals surface area contributed by atoms with E-state index >= 15 is 0 Å². The number of halogens is 4. The van der Waals surface area contributed by atoms with Crippen molar-refractivity contribution >= 4 is 17.3 Å². The monoisotopic (exact) mass is 265 g/mol. The Morgan fingerprint density at radius 1 is 1.47 bits per heavy atom. The Morgan fingerprint density at radius 2 is 2.12 bits per heavy atom. The lowest BCUT2D eigenvalue weighted by molar-refractivity contribution is -0.137. The molecular weight excluding hydrogens is 255 g/mol. The summed E-state index contributed by atoms with van der Waals surface area (Å²) in [4.78, 5) is 0. The summed E-state index contributed by atoms with van der Waals surface area (Å²) < 4.78 is 42.2. The molecule has 0 aliphatic carbocycles. The topological polar surface area (TPSA) is 35.2 Å². The molecule has 1 aromatic rings. The van der Waals surface area contributed by atoms with Crippen LogP contribution < -0.4 is 10.5 Å². The van der Waals surface area contributed by atoms with Crippen LogP contribution in [0.5, 0.6) is 5.75 Å². The van der Waals surface area contributed by atoms with Crippen molar-refractivity contribution in [1.29, 1.82) is 0 Å². The van der Waals surface area contributed by atoms with E-state index in [9.17, 15) is 13.2 Å². The van der Waals surface area contributed by atoms with Gasteiger partial charge in [-0.3, -0.25) is 0 Å². The molecule has 1 aromatic carbocycles. The van der Waals surface area contributed by atoms with E-state index in [2.05, 4.69) is 0 Å². The van der Waals surface area contributed by atoms with E-state index < -0.39 is 11.7 Å². The quantitative estimate of drug-likeness (QED) is 0.844. The average Bonchev–Trinajstić information content (AvgIpc) is 2.25. The number of hydrogen-bond donors (Lipinski definition) is 1. The maximum Gasteiger partial charge on any atom is 0.416 e. The molecule has 94 valence electrons. The first-order valence-electron chi connectivity index (χ1n) is 4.70. The van der Waals surface area contributed by atoms with Crippen molar-refractivity contribution in [2.75, 3.05) is 12.3 Å². The Balaban J connectivity index is 2.84. The number of alkyl halides is 3. The second-order valence-electron chi connectivity index (χ2n) is 3.49. The first-order chi connectivity index (χ1) is 7.84. The van der Waals surface area contributed by atoms with Gasteiger partial charge < -0.3 is 10.5 Å². The number of hydrogen-bond acceptors (Lipinski definition) is 2. The molecule has 2 N–H and O–H groups in total. The highest BCUT2D eigenvalue weighted by atomic mass is 35.5. The zero-order chi connectivity index (χ0) is 13.1. The molecule has 0 heterocycles. The van der Waals surface area contributed by atoms with Crippen LogP contribution in [0.3, 0.4) is 0 Å². The van der Waals surface area contributed by atoms with Crippen molar-refractivity contribution < 1.29 is 17.9 Å². The van der Waals surface area contributed by atoms with E-state index in [0.29, 0.717) is 0 Å². The molecule has 1 rings (SSSR count). The molecule has 0 aliphatic rings. The fraction of sp³-hybridized carbons (Fsp3) is 0.273. The van der Waals surface area contributed by atoms with Crippen molar-refractivity contribution in [1.82, 2.24) is 0 Å². The lowest BCUT2D eigenvalue weighted by Gasteiger charge is -2.12. The summed E-state index contributed by atoms with van der Waals surface area (Å²) in [6, 6.07) is 2.96. The molecule has 17 heavy (non-hydrogen) atoms. The molecule has 6 heteroatoms. The average molecular weight is 266 g/mol. The summed E-state index contributed by atoms with van der Waals surface area (Å²) in [5, 5.41) is 0. The Bertz CT molecular complexity index is 429. The van der Waals surface area contributed by atoms with Gasteiger partial charge in [-0.05, 0) is 30.7 Å². The number of anilines is 1. The molecule has 0 amide bonds. The Morgan fingerprint density at radius 3 is 2.59 bits per heavy atom. The van der Waals surface area contributed by atoms with Gasteiger partial charge >= 0.3 is 6.18 Å². The fourth-order valence-electron chi connectivity index (χ4n) is 1.08. The zero-order valence-corrected chi connectivity index (χ0v) is 9.77. The normalized spacial score (nSPS) is 12.6. The summed E-state index contributed by atoms with van der Waals surface area (Å²) in [7, 11) is 0. The minimum atomic E-state index is -4.40. The molecule has 0 unspecified atom stereocenters. The van der Waals surface area contributed by atoms with Gasteiger partial charge in [0.1, 0.15) is 12.4 Å². The molecular formula is C11H11ClF3NO. The van der Waals surface area contributed by atoms with E-state index in [1.54, 1.807) is 6.92 Å². The van der Waals surface area contributed by atoms with E-state index in [1.807, 2.05) is 0 Å². The molecule has 0 aromatic heterocycles. The first kappa shape index (κ1) is 13.7. The van der Waals surface area contributed by atoms with Gasteiger partial charge in [0.05, 0.1) is 11.3 Å². The molecule has 0 bridgehead atoms. The van der Waals surface area contributed by atoms with E-state index in [0.717, 1.165) is 17.7 Å². The van der Waals surface area contributed by atoms with E-state index in [4.69, 9.17) is 22.1 Å². The van der Waals surface area contributed by atoms with Crippen LogP contribution in [0.1, 0.15) is 12.5 Å². The number of ether oxygens (including phenoxy) is 1. The predicted molar refractivity (Wildman–Crippen MR) is 61.0 cm³/mol. The van der Waals surface area contributed by atoms with Crippen LogP contribution >= 0.6 is 11.6 Å². The van der Waals surface area contributed by atoms with E-state index in [1.165, 1.54) is 11.6 Å². The number of nitrogen functional groups attached to an aromatic ring is 1. The SMILES string of the molecule is C/C(=C/Cl)COc1ccc(C(F)(F)F)cc1N. The maximum atomic E-state index is 12.3. The second kappa shape index (κ2) is 5.31. The third-order valence-electron chi connectivity index (χ3n) is 1.98. The zero-order valence-electron chi connectivity index (χ0n) is 9.01. The highest BCUT2D eigenvalue weighted by Gasteiger charge is 2.30. The van der Waals surface area contributed by atoms with Gasteiger partial charge in [0, 0.05) is 5.54 Å². The molecule has 0 saturated carbocycles. The van der Waals surface area contributed by atoms with Crippen molar-refractivity contribution in [3.8, 4) is 5.75 Å². The molecule has 0 atom stereocenters. The highest BCUT2D eigenvalue weighted by molar-refractivity contribution is 6.25. The molecule has 0 aliphatic heterocycles. The summed E-state index contributed by atoms with van der Waals surface area (Å²) in [5.41, 5.74) is 6.69. The van der Waals surface area contributed by atoms with Gasteiger partial charge in [-0.15, -0.1) is 0 Å². The first-order valence-corrected chi connectivity index (χ1v) is 5.13. The van der Waals surface area contributed by atoms with Crippen molar-refractivity contribution in [3.05, 3.63) is 34.9 Å². The van der Waals surface area contributed by atoms with Crippen LogP contribution in [-0.4, -0.2) is 6.61 Å². The van der Waals surface area contributed by atoms with Gasteiger partial charge in [-0.2, -0.15) is 13.2 Å². The number of benzene rings is 1. The standard InChI is InChI=1S/C11H11ClF3NO/c1-7(5-12)6-17-10-3-2-8(4-9(10)16)11(13,14)15/h2-5H,6,16H2,1H3/b7-5-. The maximum absolute atomic E-state index is 12.3. The lowest BCUT2D eigenvalue weighted by Crippen LogP contribution is -2.07. The van der Waals surface area contributed by atoms with Gasteiger partial charge in [0.25, 0.3) is 0 Å². The minimum absolute atomic E-state index is 0.0535. The van der Waals surface area contributed by atoms with Gasteiger partial charge in [-0.25, -0.2) is 0 Å².